The Kier molecular flexibility index (Phi) is 5.48. The molecule has 0 bridgehead atoms. The minimum absolute atomic E-state index is 0.0744. The van der Waals surface area contributed by atoms with Crippen molar-refractivity contribution >= 4 is 34.7 Å². The van der Waals surface area contributed by atoms with Crippen LogP contribution in [0, 0.1) is 0 Å². The molecule has 1 fully saturated rings. The van der Waals surface area contributed by atoms with Crippen molar-refractivity contribution in [3.8, 4) is 11.5 Å². The van der Waals surface area contributed by atoms with E-state index in [9.17, 15) is 9.59 Å². The second-order valence-corrected chi connectivity index (χ2v) is 6.41. The van der Waals surface area contributed by atoms with Gasteiger partial charge >= 0.3 is 0 Å². The van der Waals surface area contributed by atoms with Crippen LogP contribution < -0.4 is 14.8 Å². The van der Waals surface area contributed by atoms with E-state index in [-0.39, 0.29) is 17.8 Å². The molecule has 0 spiro atoms. The summed E-state index contributed by atoms with van der Waals surface area (Å²) >= 11 is 0.928. The van der Waals surface area contributed by atoms with Crippen molar-refractivity contribution < 1.29 is 19.1 Å². The topological polar surface area (TPSA) is 67.9 Å². The average molecular weight is 370 g/mol. The second-order valence-electron chi connectivity index (χ2n) is 5.42. The highest BCUT2D eigenvalue weighted by Gasteiger charge is 2.34. The summed E-state index contributed by atoms with van der Waals surface area (Å²) < 4.78 is 10.4. The van der Waals surface area contributed by atoms with E-state index in [1.165, 1.54) is 4.90 Å². The molecule has 134 valence electrons. The summed E-state index contributed by atoms with van der Waals surface area (Å²) in [5.74, 6) is 1.06. The quantitative estimate of drug-likeness (QED) is 0.780. The zero-order valence-corrected chi connectivity index (χ0v) is 15.2. The maximum Gasteiger partial charge on any atom is 0.295 e. The molecule has 0 saturated carbocycles. The zero-order valence-electron chi connectivity index (χ0n) is 14.4. The standard InChI is InChI=1S/C19H18N2O4S/c1-24-14-9-7-13(8-10-14)11-17-18(22)21(19(23)26-17)12-20-15-5-3-4-6-16(15)25-2/h3-11,20H,12H2,1-2H3/b17-11+. The number of hydrogen-bond acceptors (Lipinski definition) is 6. The Balaban J connectivity index is 1.71. The summed E-state index contributed by atoms with van der Waals surface area (Å²) in [4.78, 5) is 26.3. The first-order valence-corrected chi connectivity index (χ1v) is 8.70. The number of carbonyl (C=O) groups excluding carboxylic acids is 2. The van der Waals surface area contributed by atoms with Crippen molar-refractivity contribution in [2.24, 2.45) is 0 Å². The first kappa shape index (κ1) is 17.9. The van der Waals surface area contributed by atoms with Crippen LogP contribution in [0.3, 0.4) is 0 Å². The Labute approximate surface area is 155 Å². The third-order valence-corrected chi connectivity index (χ3v) is 4.73. The van der Waals surface area contributed by atoms with Gasteiger partial charge in [0, 0.05) is 0 Å². The molecular formula is C19H18N2O4S. The molecule has 26 heavy (non-hydrogen) atoms. The van der Waals surface area contributed by atoms with Gasteiger partial charge in [0.15, 0.2) is 0 Å². The molecule has 1 aliphatic heterocycles. The average Bonchev–Trinajstić information content (AvgIpc) is 2.94. The molecule has 0 unspecified atom stereocenters. The number of carbonyl (C=O) groups is 2. The van der Waals surface area contributed by atoms with Crippen LogP contribution in [-0.4, -0.2) is 36.9 Å². The van der Waals surface area contributed by atoms with E-state index < -0.39 is 0 Å². The highest BCUT2D eigenvalue weighted by Crippen LogP contribution is 2.33. The number of anilines is 1. The molecule has 2 amide bonds. The molecule has 3 rings (SSSR count). The smallest absolute Gasteiger partial charge is 0.295 e. The minimum Gasteiger partial charge on any atom is -0.497 e. The summed E-state index contributed by atoms with van der Waals surface area (Å²) in [6.07, 6.45) is 1.70. The number of hydrogen-bond donors (Lipinski definition) is 1. The van der Waals surface area contributed by atoms with Gasteiger partial charge in [0.05, 0.1) is 31.5 Å². The monoisotopic (exact) mass is 370 g/mol. The number of nitrogens with one attached hydrogen (secondary N) is 1. The molecule has 1 N–H and O–H groups in total. The molecule has 2 aromatic carbocycles. The summed E-state index contributed by atoms with van der Waals surface area (Å²) in [6, 6.07) is 14.6. The van der Waals surface area contributed by atoms with Gasteiger partial charge in [-0.05, 0) is 47.7 Å². The number of ether oxygens (including phenoxy) is 2. The van der Waals surface area contributed by atoms with E-state index >= 15 is 0 Å². The lowest BCUT2D eigenvalue weighted by molar-refractivity contribution is -0.122. The summed E-state index contributed by atoms with van der Waals surface area (Å²) in [5.41, 5.74) is 1.54. The Morgan fingerprint density at radius 1 is 1.04 bits per heavy atom. The predicted molar refractivity (Wildman–Crippen MR) is 102 cm³/mol. The van der Waals surface area contributed by atoms with Gasteiger partial charge in [-0.25, -0.2) is 0 Å². The van der Waals surface area contributed by atoms with Gasteiger partial charge in [-0.1, -0.05) is 24.3 Å². The van der Waals surface area contributed by atoms with Crippen LogP contribution in [0.1, 0.15) is 5.56 Å². The van der Waals surface area contributed by atoms with Crippen LogP contribution in [0.2, 0.25) is 0 Å². The van der Waals surface area contributed by atoms with Gasteiger partial charge in [0.1, 0.15) is 11.5 Å². The number of amides is 2. The van der Waals surface area contributed by atoms with Gasteiger partial charge in [0.25, 0.3) is 11.1 Å². The van der Waals surface area contributed by atoms with Gasteiger partial charge < -0.3 is 14.8 Å². The van der Waals surface area contributed by atoms with Crippen molar-refractivity contribution in [3.05, 3.63) is 59.0 Å². The van der Waals surface area contributed by atoms with Crippen LogP contribution in [0.5, 0.6) is 11.5 Å². The number of para-hydroxylation sites is 2. The van der Waals surface area contributed by atoms with Gasteiger partial charge in [-0.15, -0.1) is 0 Å². The van der Waals surface area contributed by atoms with Crippen LogP contribution >= 0.6 is 11.8 Å². The van der Waals surface area contributed by atoms with Crippen molar-refractivity contribution in [1.29, 1.82) is 0 Å². The molecular weight excluding hydrogens is 352 g/mol. The Morgan fingerprint density at radius 2 is 1.77 bits per heavy atom. The number of thioether (sulfide) groups is 1. The zero-order chi connectivity index (χ0) is 18.5. The van der Waals surface area contributed by atoms with Crippen LogP contribution in [0.15, 0.2) is 53.4 Å². The number of nitrogens with zero attached hydrogens (tertiary/aromatic N) is 1. The van der Waals surface area contributed by atoms with E-state index in [0.717, 1.165) is 23.1 Å². The first-order chi connectivity index (χ1) is 12.6. The van der Waals surface area contributed by atoms with Crippen LogP contribution in [0.25, 0.3) is 6.08 Å². The largest absolute Gasteiger partial charge is 0.497 e. The number of imide groups is 1. The Morgan fingerprint density at radius 3 is 2.46 bits per heavy atom. The van der Waals surface area contributed by atoms with E-state index in [0.29, 0.717) is 16.3 Å². The molecule has 7 heteroatoms. The lowest BCUT2D eigenvalue weighted by Gasteiger charge is -2.16. The maximum atomic E-state index is 12.5. The first-order valence-electron chi connectivity index (χ1n) is 7.88. The summed E-state index contributed by atoms with van der Waals surface area (Å²) in [7, 11) is 3.16. The molecule has 1 saturated heterocycles. The summed E-state index contributed by atoms with van der Waals surface area (Å²) in [6.45, 7) is 0.0744. The number of rotatable bonds is 6. The fraction of sp³-hybridized carbons (Fsp3) is 0.158. The molecule has 0 aromatic heterocycles. The Bertz CT molecular complexity index is 849. The molecule has 0 radical (unpaired) electrons. The SMILES string of the molecule is COc1ccc(/C=C2/SC(=O)N(CNc3ccccc3OC)C2=O)cc1. The highest BCUT2D eigenvalue weighted by molar-refractivity contribution is 8.18. The van der Waals surface area contributed by atoms with Crippen molar-refractivity contribution in [2.45, 2.75) is 0 Å². The highest BCUT2D eigenvalue weighted by atomic mass is 32.2. The molecule has 6 nitrogen and oxygen atoms in total. The van der Waals surface area contributed by atoms with Crippen molar-refractivity contribution in [3.63, 3.8) is 0 Å². The van der Waals surface area contributed by atoms with Crippen LogP contribution in [0.4, 0.5) is 10.5 Å². The fourth-order valence-electron chi connectivity index (χ4n) is 2.44. The lowest BCUT2D eigenvalue weighted by Crippen LogP contribution is -2.33. The van der Waals surface area contributed by atoms with E-state index in [1.807, 2.05) is 30.3 Å². The van der Waals surface area contributed by atoms with Crippen LogP contribution in [-0.2, 0) is 4.79 Å². The van der Waals surface area contributed by atoms with Gasteiger partial charge in [0.2, 0.25) is 0 Å². The molecule has 0 aliphatic carbocycles. The van der Waals surface area contributed by atoms with Gasteiger partial charge in [-0.3, -0.25) is 14.5 Å². The minimum atomic E-state index is -0.321. The Hall–Kier alpha value is -2.93. The maximum absolute atomic E-state index is 12.5. The van der Waals surface area contributed by atoms with E-state index in [1.54, 1.807) is 38.5 Å². The number of benzene rings is 2. The third kappa shape index (κ3) is 3.83. The fourth-order valence-corrected chi connectivity index (χ4v) is 3.28. The summed E-state index contributed by atoms with van der Waals surface area (Å²) in [5, 5.41) is 2.76. The predicted octanol–water partition coefficient (Wildman–Crippen LogP) is 3.81. The molecule has 1 aliphatic rings. The van der Waals surface area contributed by atoms with Crippen molar-refractivity contribution in [1.82, 2.24) is 4.90 Å². The van der Waals surface area contributed by atoms with E-state index in [4.69, 9.17) is 9.47 Å². The van der Waals surface area contributed by atoms with Gasteiger partial charge in [-0.2, -0.15) is 0 Å². The second kappa shape index (κ2) is 7.97. The lowest BCUT2D eigenvalue weighted by atomic mass is 10.2. The molecule has 0 atom stereocenters. The van der Waals surface area contributed by atoms with E-state index in [2.05, 4.69) is 5.32 Å². The number of methoxy groups -OCH3 is 2. The molecule has 2 aromatic rings. The third-order valence-electron chi connectivity index (χ3n) is 3.82. The molecule has 1 heterocycles. The van der Waals surface area contributed by atoms with Crippen molar-refractivity contribution in [2.75, 3.05) is 26.2 Å². The normalized spacial score (nSPS) is 15.5.